The minimum Gasteiger partial charge on any atom is -0.461 e. The standard InChI is InChI=1S/C23H24N4O4S/c1-3-11-24-22(29)25-13-15-7-5-6-8-19(15)31-16-9-10-17-20(12-16)32-23-26-14-18(27(17)23)21(28)30-4-2/h5-10,12,14H,3-4,11,13H2,1-2H3,(H2,24,25,29). The first-order chi connectivity index (χ1) is 15.6. The van der Waals surface area contributed by atoms with Gasteiger partial charge in [-0.05, 0) is 31.5 Å². The van der Waals surface area contributed by atoms with Gasteiger partial charge in [-0.3, -0.25) is 4.40 Å². The van der Waals surface area contributed by atoms with E-state index in [2.05, 4.69) is 15.6 Å². The molecule has 8 nitrogen and oxygen atoms in total. The molecule has 4 aromatic rings. The Morgan fingerprint density at radius 1 is 1.12 bits per heavy atom. The minimum atomic E-state index is -0.399. The number of aromatic nitrogens is 2. The highest BCUT2D eigenvalue weighted by molar-refractivity contribution is 7.23. The molecule has 0 aliphatic carbocycles. The van der Waals surface area contributed by atoms with E-state index in [-0.39, 0.29) is 6.03 Å². The third kappa shape index (κ3) is 4.52. The van der Waals surface area contributed by atoms with Gasteiger partial charge in [-0.2, -0.15) is 0 Å². The smallest absolute Gasteiger partial charge is 0.357 e. The Balaban J connectivity index is 1.56. The molecule has 0 radical (unpaired) electrons. The van der Waals surface area contributed by atoms with Crippen molar-refractivity contribution in [3.8, 4) is 11.5 Å². The number of fused-ring (bicyclic) bond motifs is 3. The van der Waals surface area contributed by atoms with Crippen molar-refractivity contribution in [3.05, 3.63) is 59.9 Å². The number of thiazole rings is 1. The second-order valence-corrected chi connectivity index (χ2v) is 8.04. The van der Waals surface area contributed by atoms with E-state index in [4.69, 9.17) is 9.47 Å². The molecule has 0 aliphatic heterocycles. The molecule has 2 N–H and O–H groups in total. The van der Waals surface area contributed by atoms with Crippen molar-refractivity contribution in [2.45, 2.75) is 26.8 Å². The predicted molar refractivity (Wildman–Crippen MR) is 124 cm³/mol. The highest BCUT2D eigenvalue weighted by Gasteiger charge is 2.18. The fourth-order valence-corrected chi connectivity index (χ4v) is 4.29. The second kappa shape index (κ2) is 9.69. The first kappa shape index (κ1) is 21.6. The molecule has 2 heterocycles. The van der Waals surface area contributed by atoms with Gasteiger partial charge in [-0.15, -0.1) is 0 Å². The number of esters is 1. The number of benzene rings is 2. The lowest BCUT2D eigenvalue weighted by Gasteiger charge is -2.12. The lowest BCUT2D eigenvalue weighted by Crippen LogP contribution is -2.35. The first-order valence-corrected chi connectivity index (χ1v) is 11.3. The molecule has 0 saturated carbocycles. The van der Waals surface area contributed by atoms with Crippen LogP contribution in [0.3, 0.4) is 0 Å². The Morgan fingerprint density at radius 3 is 2.78 bits per heavy atom. The molecule has 0 bridgehead atoms. The summed E-state index contributed by atoms with van der Waals surface area (Å²) in [5.41, 5.74) is 2.13. The number of ether oxygens (including phenoxy) is 2. The summed E-state index contributed by atoms with van der Waals surface area (Å²) in [5.74, 6) is 0.920. The van der Waals surface area contributed by atoms with Crippen LogP contribution in [0.15, 0.2) is 48.7 Å². The Hall–Kier alpha value is -3.59. The van der Waals surface area contributed by atoms with Crippen LogP contribution in [0.1, 0.15) is 36.3 Å². The van der Waals surface area contributed by atoms with Gasteiger partial charge in [0.1, 0.15) is 11.5 Å². The molecule has 2 aromatic carbocycles. The highest BCUT2D eigenvalue weighted by Crippen LogP contribution is 2.33. The number of amides is 2. The van der Waals surface area contributed by atoms with Gasteiger partial charge in [-0.25, -0.2) is 14.6 Å². The summed E-state index contributed by atoms with van der Waals surface area (Å²) >= 11 is 1.47. The minimum absolute atomic E-state index is 0.206. The molecule has 2 aromatic heterocycles. The largest absolute Gasteiger partial charge is 0.461 e. The highest BCUT2D eigenvalue weighted by atomic mass is 32.1. The molecule has 0 unspecified atom stereocenters. The van der Waals surface area contributed by atoms with Crippen LogP contribution in [0.2, 0.25) is 0 Å². The Bertz CT molecular complexity index is 1260. The molecular formula is C23H24N4O4S. The van der Waals surface area contributed by atoms with Crippen LogP contribution < -0.4 is 15.4 Å². The topological polar surface area (TPSA) is 94.0 Å². The number of para-hydroxylation sites is 1. The van der Waals surface area contributed by atoms with Crippen LogP contribution in [-0.4, -0.2) is 34.5 Å². The SMILES string of the molecule is CCCNC(=O)NCc1ccccc1Oc1ccc2c(c1)sc1ncc(C(=O)OCC)n12. The maximum Gasteiger partial charge on any atom is 0.357 e. The van der Waals surface area contributed by atoms with Crippen LogP contribution in [0, 0.1) is 0 Å². The lowest BCUT2D eigenvalue weighted by molar-refractivity contribution is 0.0519. The average Bonchev–Trinajstić information content (AvgIpc) is 3.36. The van der Waals surface area contributed by atoms with Crippen LogP contribution in [0.25, 0.3) is 15.2 Å². The van der Waals surface area contributed by atoms with E-state index in [1.54, 1.807) is 11.3 Å². The summed E-state index contributed by atoms with van der Waals surface area (Å²) in [6.07, 6.45) is 2.41. The van der Waals surface area contributed by atoms with E-state index in [0.717, 1.165) is 22.2 Å². The fourth-order valence-electron chi connectivity index (χ4n) is 3.26. The maximum atomic E-state index is 12.2. The second-order valence-electron chi connectivity index (χ2n) is 7.03. The molecular weight excluding hydrogens is 428 g/mol. The van der Waals surface area contributed by atoms with Gasteiger partial charge in [-0.1, -0.05) is 36.5 Å². The molecule has 0 fully saturated rings. The van der Waals surface area contributed by atoms with Crippen LogP contribution in [0.5, 0.6) is 11.5 Å². The molecule has 9 heteroatoms. The van der Waals surface area contributed by atoms with Gasteiger partial charge in [0, 0.05) is 24.7 Å². The van der Waals surface area contributed by atoms with Gasteiger partial charge in [0.25, 0.3) is 0 Å². The quantitative estimate of drug-likeness (QED) is 0.377. The number of carbonyl (C=O) groups excluding carboxylic acids is 2. The number of nitrogens with zero attached hydrogens (tertiary/aromatic N) is 2. The molecule has 166 valence electrons. The number of rotatable bonds is 8. The summed E-state index contributed by atoms with van der Waals surface area (Å²) in [7, 11) is 0. The van der Waals surface area contributed by atoms with Crippen LogP contribution in [0.4, 0.5) is 4.79 Å². The molecule has 0 spiro atoms. The van der Waals surface area contributed by atoms with E-state index < -0.39 is 5.97 Å². The number of carbonyl (C=O) groups is 2. The van der Waals surface area contributed by atoms with Gasteiger partial charge in [0.05, 0.1) is 23.0 Å². The number of urea groups is 1. The lowest BCUT2D eigenvalue weighted by atomic mass is 10.2. The summed E-state index contributed by atoms with van der Waals surface area (Å²) in [6.45, 7) is 5.07. The summed E-state index contributed by atoms with van der Waals surface area (Å²) in [5, 5.41) is 5.64. The average molecular weight is 453 g/mol. The van der Waals surface area contributed by atoms with Crippen molar-refractivity contribution in [2.24, 2.45) is 0 Å². The molecule has 32 heavy (non-hydrogen) atoms. The van der Waals surface area contributed by atoms with Gasteiger partial charge in [0.2, 0.25) is 0 Å². The summed E-state index contributed by atoms with van der Waals surface area (Å²) < 4.78 is 14.0. The molecule has 4 rings (SSSR count). The van der Waals surface area contributed by atoms with Gasteiger partial charge >= 0.3 is 12.0 Å². The van der Waals surface area contributed by atoms with E-state index in [9.17, 15) is 9.59 Å². The molecule has 0 atom stereocenters. The molecule has 2 amide bonds. The van der Waals surface area contributed by atoms with Crippen molar-refractivity contribution in [2.75, 3.05) is 13.2 Å². The Kier molecular flexibility index (Phi) is 6.55. The Morgan fingerprint density at radius 2 is 1.97 bits per heavy atom. The van der Waals surface area contributed by atoms with E-state index >= 15 is 0 Å². The first-order valence-electron chi connectivity index (χ1n) is 10.4. The van der Waals surface area contributed by atoms with Crippen LogP contribution in [-0.2, 0) is 11.3 Å². The van der Waals surface area contributed by atoms with Crippen molar-refractivity contribution in [1.29, 1.82) is 0 Å². The zero-order valence-corrected chi connectivity index (χ0v) is 18.7. The number of nitrogens with one attached hydrogen (secondary N) is 2. The summed E-state index contributed by atoms with van der Waals surface area (Å²) in [4.78, 5) is 29.2. The molecule has 0 aliphatic rings. The van der Waals surface area contributed by atoms with Gasteiger partial charge < -0.3 is 20.1 Å². The Labute approximate surface area is 189 Å². The maximum absolute atomic E-state index is 12.2. The third-order valence-corrected chi connectivity index (χ3v) is 5.78. The van der Waals surface area contributed by atoms with Crippen molar-refractivity contribution >= 4 is 38.5 Å². The van der Waals surface area contributed by atoms with Crippen LogP contribution >= 0.6 is 11.3 Å². The zero-order valence-electron chi connectivity index (χ0n) is 17.9. The zero-order chi connectivity index (χ0) is 22.5. The number of hydrogen-bond donors (Lipinski definition) is 2. The van der Waals surface area contributed by atoms with E-state index in [1.165, 1.54) is 17.5 Å². The third-order valence-electron chi connectivity index (χ3n) is 4.76. The van der Waals surface area contributed by atoms with E-state index in [0.29, 0.717) is 41.9 Å². The normalized spacial score (nSPS) is 10.9. The fraction of sp³-hybridized carbons (Fsp3) is 0.261. The van der Waals surface area contributed by atoms with Crippen molar-refractivity contribution in [1.82, 2.24) is 20.0 Å². The van der Waals surface area contributed by atoms with Crippen molar-refractivity contribution < 1.29 is 19.1 Å². The molecule has 0 saturated heterocycles. The number of hydrogen-bond acceptors (Lipinski definition) is 6. The van der Waals surface area contributed by atoms with Gasteiger partial charge in [0.15, 0.2) is 10.7 Å². The van der Waals surface area contributed by atoms with E-state index in [1.807, 2.05) is 49.4 Å². The number of imidazole rings is 1. The monoisotopic (exact) mass is 452 g/mol. The predicted octanol–water partition coefficient (Wildman–Crippen LogP) is 4.73. The van der Waals surface area contributed by atoms with Crippen molar-refractivity contribution in [3.63, 3.8) is 0 Å². The summed E-state index contributed by atoms with van der Waals surface area (Å²) in [6, 6.07) is 13.0.